The number of halogens is 4. The minimum absolute atomic E-state index is 0.0671. The van der Waals surface area contributed by atoms with Crippen molar-refractivity contribution < 1.29 is 29.3 Å². The first-order valence-corrected chi connectivity index (χ1v) is 23.3. The number of carbonyl (C=O) groups is 2. The maximum atomic E-state index is 11.0. The number of imidazole rings is 2. The third kappa shape index (κ3) is 14.5. The number of aromatic nitrogens is 4. The first-order valence-electron chi connectivity index (χ1n) is 21.8. The third-order valence-electron chi connectivity index (χ3n) is 10.7. The Kier molecular flexibility index (Phi) is 17.5. The number of carboxylic acids is 2. The average molecular weight is 1000 g/mol. The minimum atomic E-state index is -0.837. The summed E-state index contributed by atoms with van der Waals surface area (Å²) in [6, 6.07) is 42.8. The number of H-pyrrole nitrogens is 1. The SMILES string of the molecule is COc1ccc(-c2ccc(C=Cc3nc(-c4ccc(Cl)cc4Cl)c[nH]3)cc2)cc1.O=C(O)CCCOc1ccc(-c2ccc(C=Cc3nc(-c4ccc(Cl)cc4Cl)cn3CCCC(=O)O)cc2)cc1. The van der Waals surface area contributed by atoms with E-state index in [1.54, 1.807) is 31.4 Å². The second-order valence-electron chi connectivity index (χ2n) is 15.6. The Labute approximate surface area is 420 Å². The molecule has 0 fully saturated rings. The number of carboxylic acid groups (broad SMARTS) is 2. The number of aliphatic carboxylic acids is 2. The highest BCUT2D eigenvalue weighted by atomic mass is 35.5. The van der Waals surface area contributed by atoms with Gasteiger partial charge in [0.2, 0.25) is 0 Å². The molecule has 0 radical (unpaired) electrons. The predicted octanol–water partition coefficient (Wildman–Crippen LogP) is 15.0. The lowest BCUT2D eigenvalue weighted by Gasteiger charge is -2.07. The van der Waals surface area contributed by atoms with Crippen LogP contribution in [0.2, 0.25) is 20.1 Å². The second-order valence-corrected chi connectivity index (χ2v) is 17.3. The predicted molar refractivity (Wildman–Crippen MR) is 279 cm³/mol. The highest BCUT2D eigenvalue weighted by molar-refractivity contribution is 6.37. The van der Waals surface area contributed by atoms with Crippen molar-refractivity contribution in [1.82, 2.24) is 19.5 Å². The molecule has 69 heavy (non-hydrogen) atoms. The summed E-state index contributed by atoms with van der Waals surface area (Å²) in [6.07, 6.45) is 12.6. The molecule has 0 saturated heterocycles. The van der Waals surface area contributed by atoms with E-state index in [9.17, 15) is 9.59 Å². The second kappa shape index (κ2) is 24.3. The molecular weight excluding hydrogens is 954 g/mol. The normalized spacial score (nSPS) is 11.1. The maximum Gasteiger partial charge on any atom is 0.303 e. The van der Waals surface area contributed by atoms with Gasteiger partial charge >= 0.3 is 11.9 Å². The van der Waals surface area contributed by atoms with Gasteiger partial charge in [-0.15, -0.1) is 0 Å². The van der Waals surface area contributed by atoms with Gasteiger partial charge in [0, 0.05) is 53.0 Å². The highest BCUT2D eigenvalue weighted by Crippen LogP contribution is 2.32. The largest absolute Gasteiger partial charge is 0.497 e. The van der Waals surface area contributed by atoms with Gasteiger partial charge in [-0.2, -0.15) is 0 Å². The molecule has 10 nitrogen and oxygen atoms in total. The summed E-state index contributed by atoms with van der Waals surface area (Å²) < 4.78 is 12.7. The van der Waals surface area contributed by atoms with E-state index in [1.165, 1.54) is 0 Å². The fourth-order valence-corrected chi connectivity index (χ4v) is 8.10. The Morgan fingerprint density at radius 2 is 1.09 bits per heavy atom. The number of aromatic amines is 1. The Morgan fingerprint density at radius 1 is 0.594 bits per heavy atom. The molecule has 0 amide bonds. The van der Waals surface area contributed by atoms with Gasteiger partial charge in [-0.05, 0) is 119 Å². The van der Waals surface area contributed by atoms with Crippen LogP contribution in [0.3, 0.4) is 0 Å². The molecule has 3 N–H and O–H groups in total. The van der Waals surface area contributed by atoms with Crippen LogP contribution in [0.1, 0.15) is 48.5 Å². The van der Waals surface area contributed by atoms with Gasteiger partial charge in [0.15, 0.2) is 0 Å². The van der Waals surface area contributed by atoms with Crippen LogP contribution in [0.15, 0.2) is 146 Å². The fourth-order valence-electron chi connectivity index (χ4n) is 7.09. The van der Waals surface area contributed by atoms with Crippen LogP contribution in [-0.4, -0.2) is 55.4 Å². The lowest BCUT2D eigenvalue weighted by Crippen LogP contribution is -2.02. The molecule has 0 bridgehead atoms. The van der Waals surface area contributed by atoms with Crippen molar-refractivity contribution in [3.05, 3.63) is 189 Å². The van der Waals surface area contributed by atoms with Crippen molar-refractivity contribution >= 4 is 82.6 Å². The number of rotatable bonds is 18. The van der Waals surface area contributed by atoms with Gasteiger partial charge in [0.25, 0.3) is 0 Å². The number of aryl methyl sites for hydroxylation is 1. The lowest BCUT2D eigenvalue weighted by molar-refractivity contribution is -0.138. The van der Waals surface area contributed by atoms with Gasteiger partial charge in [-0.1, -0.05) is 131 Å². The zero-order valence-corrected chi connectivity index (χ0v) is 40.3. The number of methoxy groups -OCH3 is 1. The average Bonchev–Trinajstić information content (AvgIpc) is 3.99. The standard InChI is InChI=1S/C31H28Cl2N2O5.C24H18Cl2N2O/c32-24-12-15-26(27(33)19-24)28-20-35(17-1-3-30(36)37)29(34-28)16-7-21-5-8-22(9-6-21)23-10-13-25(14-11-23)40-18-2-4-31(38)39;1-29-20-10-7-18(8-11-20)17-5-2-16(3-6-17)4-13-24-27-15-23(28-24)21-12-9-19(25)14-22(21)26/h5-16,19-20H,1-4,17-18H2,(H,36,37)(H,38,39);2-15H,1H3,(H,27,28). The Morgan fingerprint density at radius 3 is 1.61 bits per heavy atom. The molecule has 0 atom stereocenters. The molecule has 0 aliphatic carbocycles. The van der Waals surface area contributed by atoms with E-state index < -0.39 is 11.9 Å². The first-order chi connectivity index (χ1) is 33.4. The van der Waals surface area contributed by atoms with E-state index in [-0.39, 0.29) is 12.8 Å². The number of nitrogens with zero attached hydrogens (tertiary/aromatic N) is 3. The number of hydrogen-bond donors (Lipinski definition) is 3. The summed E-state index contributed by atoms with van der Waals surface area (Å²) in [4.78, 5) is 34.1. The zero-order valence-electron chi connectivity index (χ0n) is 37.3. The Hall–Kier alpha value is -7.08. The molecule has 8 aromatic rings. The van der Waals surface area contributed by atoms with Gasteiger partial charge in [-0.3, -0.25) is 9.59 Å². The van der Waals surface area contributed by atoms with E-state index >= 15 is 0 Å². The van der Waals surface area contributed by atoms with E-state index in [1.807, 2.05) is 114 Å². The Bertz CT molecular complexity index is 3060. The van der Waals surface area contributed by atoms with E-state index in [2.05, 4.69) is 46.4 Å². The van der Waals surface area contributed by atoms with Gasteiger partial charge in [0.05, 0.1) is 35.1 Å². The molecule has 2 aromatic heterocycles. The van der Waals surface area contributed by atoms with Crippen LogP contribution in [0, 0.1) is 0 Å². The molecular formula is C55H46Cl4N4O6. The first kappa shape index (κ1) is 49.8. The summed E-state index contributed by atoms with van der Waals surface area (Å²) in [5.74, 6) is 1.33. The molecule has 6 aromatic carbocycles. The molecule has 8 rings (SSSR count). The van der Waals surface area contributed by atoms with Crippen molar-refractivity contribution in [1.29, 1.82) is 0 Å². The van der Waals surface area contributed by atoms with E-state index in [0.29, 0.717) is 63.4 Å². The van der Waals surface area contributed by atoms with Gasteiger partial charge in [0.1, 0.15) is 23.1 Å². The molecule has 0 aliphatic heterocycles. The van der Waals surface area contributed by atoms with Gasteiger partial charge in [-0.25, -0.2) is 9.97 Å². The van der Waals surface area contributed by atoms with Crippen molar-refractivity contribution in [2.45, 2.75) is 32.2 Å². The summed E-state index contributed by atoms with van der Waals surface area (Å²) >= 11 is 24.7. The van der Waals surface area contributed by atoms with Crippen molar-refractivity contribution in [2.75, 3.05) is 13.7 Å². The minimum Gasteiger partial charge on any atom is -0.497 e. The van der Waals surface area contributed by atoms with Gasteiger partial charge < -0.3 is 29.2 Å². The third-order valence-corrected chi connectivity index (χ3v) is 11.8. The lowest BCUT2D eigenvalue weighted by atomic mass is 10.0. The van der Waals surface area contributed by atoms with Crippen LogP contribution in [-0.2, 0) is 16.1 Å². The molecule has 0 aliphatic rings. The molecule has 14 heteroatoms. The Balaban J connectivity index is 0.000000214. The maximum absolute atomic E-state index is 11.0. The van der Waals surface area contributed by atoms with Crippen LogP contribution in [0.25, 0.3) is 69.1 Å². The summed E-state index contributed by atoms with van der Waals surface area (Å²) in [5, 5.41) is 20.0. The number of benzene rings is 6. The quantitative estimate of drug-likeness (QED) is 0.0722. The molecule has 2 heterocycles. The van der Waals surface area contributed by atoms with Crippen LogP contribution >= 0.6 is 46.4 Å². The zero-order chi connectivity index (χ0) is 48.7. The highest BCUT2D eigenvalue weighted by Gasteiger charge is 2.13. The summed E-state index contributed by atoms with van der Waals surface area (Å²) in [6.45, 7) is 0.862. The van der Waals surface area contributed by atoms with Crippen LogP contribution in [0.4, 0.5) is 0 Å². The monoisotopic (exact) mass is 998 g/mol. The van der Waals surface area contributed by atoms with Crippen molar-refractivity contribution in [3.8, 4) is 56.3 Å². The smallest absolute Gasteiger partial charge is 0.303 e. The van der Waals surface area contributed by atoms with Crippen molar-refractivity contribution in [2.24, 2.45) is 0 Å². The van der Waals surface area contributed by atoms with Crippen molar-refractivity contribution in [3.63, 3.8) is 0 Å². The topological polar surface area (TPSA) is 140 Å². The van der Waals surface area contributed by atoms with Crippen LogP contribution < -0.4 is 9.47 Å². The molecule has 0 unspecified atom stereocenters. The number of hydrogen-bond acceptors (Lipinski definition) is 6. The molecule has 0 spiro atoms. The summed E-state index contributed by atoms with van der Waals surface area (Å²) in [5.41, 5.74) is 9.51. The number of ether oxygens (including phenoxy) is 2. The molecule has 350 valence electrons. The van der Waals surface area contributed by atoms with Crippen LogP contribution in [0.5, 0.6) is 11.5 Å². The summed E-state index contributed by atoms with van der Waals surface area (Å²) in [7, 11) is 1.67. The number of nitrogens with one attached hydrogen (secondary N) is 1. The molecule has 0 saturated carbocycles. The fraction of sp³-hybridized carbons (Fsp3) is 0.127. The van der Waals surface area contributed by atoms with E-state index in [0.717, 1.165) is 61.8 Å². The van der Waals surface area contributed by atoms with E-state index in [4.69, 9.17) is 71.1 Å².